The molecule has 0 saturated carbocycles. The standard InChI is InChI=1S/C14H14N6/c1-2-15-13-17-12(11-7-4-3-5-8-11)18-14(19-13)20-10-6-9-16-20/h3-10H,2H2,1H3,(H,15,17,18,19). The smallest absolute Gasteiger partial charge is 0.255 e. The van der Waals surface area contributed by atoms with Gasteiger partial charge in [0.25, 0.3) is 5.95 Å². The topological polar surface area (TPSA) is 68.5 Å². The average molecular weight is 266 g/mol. The molecule has 0 radical (unpaired) electrons. The monoisotopic (exact) mass is 266 g/mol. The fraction of sp³-hybridized carbons (Fsp3) is 0.143. The SMILES string of the molecule is CCNc1nc(-c2ccccc2)nc(-n2cccn2)n1. The van der Waals surface area contributed by atoms with E-state index < -0.39 is 0 Å². The second-order valence-corrected chi connectivity index (χ2v) is 4.13. The third-order valence-electron chi connectivity index (χ3n) is 2.70. The Balaban J connectivity index is 2.10. The third-order valence-corrected chi connectivity index (χ3v) is 2.70. The van der Waals surface area contributed by atoms with Crippen LogP contribution in [0.5, 0.6) is 0 Å². The fourth-order valence-corrected chi connectivity index (χ4v) is 1.81. The van der Waals surface area contributed by atoms with Crippen molar-refractivity contribution in [1.82, 2.24) is 24.7 Å². The number of benzene rings is 1. The highest BCUT2D eigenvalue weighted by molar-refractivity contribution is 5.56. The first-order chi connectivity index (χ1) is 9.86. The van der Waals surface area contributed by atoms with Crippen LogP contribution < -0.4 is 5.32 Å². The molecule has 2 aromatic heterocycles. The molecule has 3 rings (SSSR count). The van der Waals surface area contributed by atoms with Gasteiger partial charge in [-0.15, -0.1) is 0 Å². The van der Waals surface area contributed by atoms with Crippen LogP contribution in [0.2, 0.25) is 0 Å². The Morgan fingerprint density at radius 2 is 1.90 bits per heavy atom. The molecule has 0 aliphatic carbocycles. The summed E-state index contributed by atoms with van der Waals surface area (Å²) in [7, 11) is 0. The number of hydrogen-bond acceptors (Lipinski definition) is 5. The first kappa shape index (κ1) is 12.3. The molecular weight excluding hydrogens is 252 g/mol. The molecule has 0 bridgehead atoms. The summed E-state index contributed by atoms with van der Waals surface area (Å²) >= 11 is 0. The van der Waals surface area contributed by atoms with Crippen molar-refractivity contribution in [2.24, 2.45) is 0 Å². The molecule has 6 nitrogen and oxygen atoms in total. The number of rotatable bonds is 4. The normalized spacial score (nSPS) is 10.4. The van der Waals surface area contributed by atoms with E-state index in [0.29, 0.717) is 17.7 Å². The Bertz CT molecular complexity index is 678. The van der Waals surface area contributed by atoms with Crippen LogP contribution >= 0.6 is 0 Å². The lowest BCUT2D eigenvalue weighted by molar-refractivity contribution is 0.798. The minimum Gasteiger partial charge on any atom is -0.354 e. The van der Waals surface area contributed by atoms with Crippen molar-refractivity contribution < 1.29 is 0 Å². The Labute approximate surface area is 116 Å². The predicted molar refractivity (Wildman–Crippen MR) is 76.5 cm³/mol. The van der Waals surface area contributed by atoms with Gasteiger partial charge in [0.05, 0.1) is 0 Å². The highest BCUT2D eigenvalue weighted by Crippen LogP contribution is 2.16. The molecular formula is C14H14N6. The van der Waals surface area contributed by atoms with Crippen molar-refractivity contribution in [1.29, 1.82) is 0 Å². The Kier molecular flexibility index (Phi) is 3.36. The van der Waals surface area contributed by atoms with E-state index in [0.717, 1.165) is 12.1 Å². The number of nitrogens with zero attached hydrogens (tertiary/aromatic N) is 5. The maximum Gasteiger partial charge on any atom is 0.255 e. The molecule has 6 heteroatoms. The molecule has 0 aliphatic rings. The summed E-state index contributed by atoms with van der Waals surface area (Å²) in [5.74, 6) is 1.67. The van der Waals surface area contributed by atoms with Crippen LogP contribution in [0.1, 0.15) is 6.92 Å². The Hall–Kier alpha value is -2.76. The minimum absolute atomic E-state index is 0.500. The van der Waals surface area contributed by atoms with Gasteiger partial charge in [-0.3, -0.25) is 0 Å². The number of nitrogens with one attached hydrogen (secondary N) is 1. The first-order valence-corrected chi connectivity index (χ1v) is 6.42. The maximum atomic E-state index is 4.47. The van der Waals surface area contributed by atoms with Crippen molar-refractivity contribution in [3.05, 3.63) is 48.8 Å². The second-order valence-electron chi connectivity index (χ2n) is 4.13. The Morgan fingerprint density at radius 1 is 1.05 bits per heavy atom. The molecule has 0 aliphatic heterocycles. The summed E-state index contributed by atoms with van der Waals surface area (Å²) in [4.78, 5) is 13.3. The summed E-state index contributed by atoms with van der Waals surface area (Å²) < 4.78 is 1.62. The highest BCUT2D eigenvalue weighted by Gasteiger charge is 2.09. The van der Waals surface area contributed by atoms with Crippen LogP contribution in [0, 0.1) is 0 Å². The summed E-state index contributed by atoms with van der Waals surface area (Å²) in [6.07, 6.45) is 3.50. The summed E-state index contributed by atoms with van der Waals surface area (Å²) in [5, 5.41) is 7.28. The van der Waals surface area contributed by atoms with Gasteiger partial charge >= 0.3 is 0 Å². The van der Waals surface area contributed by atoms with Crippen LogP contribution in [-0.2, 0) is 0 Å². The van der Waals surface area contributed by atoms with Gasteiger partial charge in [0.1, 0.15) is 0 Å². The van der Waals surface area contributed by atoms with Crippen LogP contribution in [0.15, 0.2) is 48.8 Å². The van der Waals surface area contributed by atoms with Gasteiger partial charge in [-0.05, 0) is 13.0 Å². The van der Waals surface area contributed by atoms with E-state index in [1.54, 1.807) is 17.1 Å². The summed E-state index contributed by atoms with van der Waals surface area (Å²) in [6.45, 7) is 2.75. The van der Waals surface area contributed by atoms with Crippen LogP contribution in [0.25, 0.3) is 17.3 Å². The van der Waals surface area contributed by atoms with Gasteiger partial charge in [0.2, 0.25) is 5.95 Å². The molecule has 0 fully saturated rings. The third kappa shape index (κ3) is 2.49. The van der Waals surface area contributed by atoms with Crippen molar-refractivity contribution in [3.63, 3.8) is 0 Å². The van der Waals surface area contributed by atoms with Crippen LogP contribution in [0.3, 0.4) is 0 Å². The molecule has 2 heterocycles. The van der Waals surface area contributed by atoms with Crippen molar-refractivity contribution in [3.8, 4) is 17.3 Å². The van der Waals surface area contributed by atoms with Gasteiger partial charge in [0, 0.05) is 24.5 Å². The van der Waals surface area contributed by atoms with E-state index in [4.69, 9.17) is 0 Å². The zero-order valence-electron chi connectivity index (χ0n) is 11.1. The number of anilines is 1. The molecule has 1 N–H and O–H groups in total. The average Bonchev–Trinajstić information content (AvgIpc) is 3.02. The van der Waals surface area contributed by atoms with E-state index in [-0.39, 0.29) is 0 Å². The van der Waals surface area contributed by atoms with E-state index in [1.165, 1.54) is 0 Å². The zero-order valence-corrected chi connectivity index (χ0v) is 11.1. The highest BCUT2D eigenvalue weighted by atomic mass is 15.4. The van der Waals surface area contributed by atoms with Crippen molar-refractivity contribution in [2.75, 3.05) is 11.9 Å². The lowest BCUT2D eigenvalue weighted by atomic mass is 10.2. The number of aromatic nitrogens is 5. The van der Waals surface area contributed by atoms with E-state index >= 15 is 0 Å². The predicted octanol–water partition coefficient (Wildman–Crippen LogP) is 2.16. The van der Waals surface area contributed by atoms with Crippen molar-refractivity contribution >= 4 is 5.95 Å². The molecule has 100 valence electrons. The summed E-state index contributed by atoms with van der Waals surface area (Å²) in [5.41, 5.74) is 0.947. The Morgan fingerprint density at radius 3 is 2.60 bits per heavy atom. The minimum atomic E-state index is 0.500. The first-order valence-electron chi connectivity index (χ1n) is 6.42. The van der Waals surface area contributed by atoms with Gasteiger partial charge in [-0.1, -0.05) is 30.3 Å². The maximum absolute atomic E-state index is 4.47. The molecule has 20 heavy (non-hydrogen) atoms. The molecule has 0 amide bonds. The molecule has 0 atom stereocenters. The van der Waals surface area contributed by atoms with Gasteiger partial charge < -0.3 is 5.32 Å². The van der Waals surface area contributed by atoms with Gasteiger partial charge in [-0.25, -0.2) is 4.68 Å². The molecule has 1 aromatic carbocycles. The lowest BCUT2D eigenvalue weighted by Crippen LogP contribution is -2.10. The second kappa shape index (κ2) is 5.48. The molecule has 0 unspecified atom stereocenters. The van der Waals surface area contributed by atoms with Crippen LogP contribution in [0.4, 0.5) is 5.95 Å². The molecule has 3 aromatic rings. The zero-order chi connectivity index (χ0) is 13.8. The van der Waals surface area contributed by atoms with E-state index in [9.17, 15) is 0 Å². The van der Waals surface area contributed by atoms with E-state index in [2.05, 4.69) is 25.4 Å². The number of hydrogen-bond donors (Lipinski definition) is 1. The fourth-order valence-electron chi connectivity index (χ4n) is 1.81. The molecule has 0 spiro atoms. The van der Waals surface area contributed by atoms with E-state index in [1.807, 2.05) is 43.3 Å². The largest absolute Gasteiger partial charge is 0.354 e. The van der Waals surface area contributed by atoms with Gasteiger partial charge in [0.15, 0.2) is 5.82 Å². The molecule has 0 saturated heterocycles. The lowest BCUT2D eigenvalue weighted by Gasteiger charge is -2.07. The summed E-state index contributed by atoms with van der Waals surface area (Å²) in [6, 6.07) is 11.7. The van der Waals surface area contributed by atoms with Gasteiger partial charge in [-0.2, -0.15) is 20.1 Å². The quantitative estimate of drug-likeness (QED) is 0.783. The van der Waals surface area contributed by atoms with Crippen molar-refractivity contribution in [2.45, 2.75) is 6.92 Å². The van der Waals surface area contributed by atoms with Crippen LogP contribution in [-0.4, -0.2) is 31.3 Å².